The van der Waals surface area contributed by atoms with Crippen molar-refractivity contribution < 1.29 is 9.32 Å². The second-order valence-electron chi connectivity index (χ2n) is 6.05. The molecule has 0 bridgehead atoms. The molecular weight excluding hydrogens is 368 g/mol. The quantitative estimate of drug-likeness (QED) is 0.570. The zero-order chi connectivity index (χ0) is 17.7. The number of imidazole rings is 1. The van der Waals surface area contributed by atoms with E-state index in [4.69, 9.17) is 4.52 Å². The molecule has 0 radical (unpaired) electrons. The molecule has 0 saturated heterocycles. The largest absolute Gasteiger partial charge is 0.338 e. The van der Waals surface area contributed by atoms with E-state index in [1.807, 2.05) is 47.9 Å². The summed E-state index contributed by atoms with van der Waals surface area (Å²) in [7, 11) is 0. The number of anilines is 1. The van der Waals surface area contributed by atoms with Gasteiger partial charge < -0.3 is 4.52 Å². The summed E-state index contributed by atoms with van der Waals surface area (Å²) in [6, 6.07) is 10.0. The Balaban J connectivity index is 1.46. The summed E-state index contributed by atoms with van der Waals surface area (Å²) in [6.07, 6.45) is 1.97. The Morgan fingerprint density at radius 2 is 2.12 bits per heavy atom. The predicted molar refractivity (Wildman–Crippen MR) is 103 cm³/mol. The Morgan fingerprint density at radius 1 is 1.27 bits per heavy atom. The molecule has 1 aliphatic rings. The van der Waals surface area contributed by atoms with E-state index in [0.717, 1.165) is 44.7 Å². The van der Waals surface area contributed by atoms with Gasteiger partial charge in [0.15, 0.2) is 4.96 Å². The van der Waals surface area contributed by atoms with Crippen LogP contribution < -0.4 is 5.32 Å². The van der Waals surface area contributed by atoms with Crippen molar-refractivity contribution in [2.24, 2.45) is 0 Å². The van der Waals surface area contributed by atoms with E-state index in [-0.39, 0.29) is 5.91 Å². The van der Waals surface area contributed by atoms with Crippen LogP contribution in [0.1, 0.15) is 26.6 Å². The molecule has 6 nitrogen and oxygen atoms in total. The molecule has 0 fully saturated rings. The van der Waals surface area contributed by atoms with Crippen molar-refractivity contribution in [3.63, 3.8) is 0 Å². The summed E-state index contributed by atoms with van der Waals surface area (Å²) in [5, 5.41) is 6.88. The number of nitrogens with zero attached hydrogens (tertiary/aromatic N) is 3. The van der Waals surface area contributed by atoms with Gasteiger partial charge in [-0.3, -0.25) is 14.5 Å². The van der Waals surface area contributed by atoms with Crippen LogP contribution in [0, 0.1) is 6.92 Å². The average Bonchev–Trinajstić information content (AvgIpc) is 3.40. The molecule has 0 atom stereocenters. The standard InChI is InChI=1S/C18H14N4O2S2/c1-10-15(16(23)20-17-12-8-25-9-14(12)21-24-17)26-18-19-13(7-22(10)18)11-5-3-2-4-6-11/h2-7H,8-9H2,1H3,(H,20,23). The SMILES string of the molecule is Cc1c(C(=O)Nc2onc3c2CSC3)sc2nc(-c3ccccc3)cn12. The van der Waals surface area contributed by atoms with Crippen LogP contribution in [-0.2, 0) is 11.5 Å². The van der Waals surface area contributed by atoms with E-state index < -0.39 is 0 Å². The fourth-order valence-corrected chi connectivity index (χ4v) is 5.05. The first-order valence-electron chi connectivity index (χ1n) is 8.11. The number of hydrogen-bond donors (Lipinski definition) is 1. The summed E-state index contributed by atoms with van der Waals surface area (Å²) in [5.41, 5.74) is 4.74. The number of thioether (sulfide) groups is 1. The molecule has 0 saturated carbocycles. The number of nitrogens with one attached hydrogen (secondary N) is 1. The third-order valence-electron chi connectivity index (χ3n) is 4.41. The maximum atomic E-state index is 12.7. The molecule has 0 aliphatic carbocycles. The van der Waals surface area contributed by atoms with Crippen LogP contribution in [0.4, 0.5) is 5.88 Å². The Kier molecular flexibility index (Phi) is 3.61. The van der Waals surface area contributed by atoms with Crippen molar-refractivity contribution in [3.05, 3.63) is 58.4 Å². The Labute approximate surface area is 157 Å². The highest BCUT2D eigenvalue weighted by Crippen LogP contribution is 2.35. The summed E-state index contributed by atoms with van der Waals surface area (Å²) in [6.45, 7) is 1.93. The minimum atomic E-state index is -0.185. The number of aryl methyl sites for hydroxylation is 1. The second-order valence-corrected chi connectivity index (χ2v) is 8.01. The van der Waals surface area contributed by atoms with Crippen LogP contribution in [0.25, 0.3) is 16.2 Å². The van der Waals surface area contributed by atoms with Crippen LogP contribution in [0.2, 0.25) is 0 Å². The van der Waals surface area contributed by atoms with Crippen LogP contribution in [0.15, 0.2) is 41.1 Å². The minimum Gasteiger partial charge on any atom is -0.338 e. The molecule has 4 aromatic rings. The highest BCUT2D eigenvalue weighted by Gasteiger charge is 2.25. The van der Waals surface area contributed by atoms with Crippen LogP contribution in [-0.4, -0.2) is 20.4 Å². The lowest BCUT2D eigenvalue weighted by Crippen LogP contribution is -2.12. The number of amides is 1. The number of aromatic nitrogens is 3. The van der Waals surface area contributed by atoms with Gasteiger partial charge in [0.05, 0.1) is 17.0 Å². The van der Waals surface area contributed by atoms with Crippen molar-refractivity contribution in [1.82, 2.24) is 14.5 Å². The molecule has 0 unspecified atom stereocenters. The van der Waals surface area contributed by atoms with Gasteiger partial charge in [0.1, 0.15) is 4.88 Å². The zero-order valence-electron chi connectivity index (χ0n) is 13.9. The van der Waals surface area contributed by atoms with Crippen molar-refractivity contribution >= 4 is 39.9 Å². The number of rotatable bonds is 3. The van der Waals surface area contributed by atoms with Gasteiger partial charge in [-0.2, -0.15) is 11.8 Å². The number of carbonyl (C=O) groups excluding carboxylic acids is 1. The van der Waals surface area contributed by atoms with Gasteiger partial charge in [-0.25, -0.2) is 4.98 Å². The number of carbonyl (C=O) groups is 1. The molecule has 1 N–H and O–H groups in total. The molecule has 8 heteroatoms. The first-order valence-corrected chi connectivity index (χ1v) is 10.1. The van der Waals surface area contributed by atoms with Gasteiger partial charge in [-0.1, -0.05) is 46.8 Å². The highest BCUT2D eigenvalue weighted by atomic mass is 32.2. The topological polar surface area (TPSA) is 72.4 Å². The number of thiazole rings is 1. The molecule has 1 aliphatic heterocycles. The van der Waals surface area contributed by atoms with E-state index in [1.165, 1.54) is 11.3 Å². The monoisotopic (exact) mass is 382 g/mol. The first kappa shape index (κ1) is 15.7. The lowest BCUT2D eigenvalue weighted by Gasteiger charge is -2.01. The van der Waals surface area contributed by atoms with E-state index in [0.29, 0.717) is 10.8 Å². The molecule has 130 valence electrons. The van der Waals surface area contributed by atoms with Crippen LogP contribution in [0.3, 0.4) is 0 Å². The van der Waals surface area contributed by atoms with Gasteiger partial charge in [0, 0.05) is 29.0 Å². The Bertz CT molecular complexity index is 1130. The van der Waals surface area contributed by atoms with Crippen molar-refractivity contribution in [1.29, 1.82) is 0 Å². The Hall–Kier alpha value is -2.58. The smallest absolute Gasteiger partial charge is 0.270 e. The molecule has 3 aromatic heterocycles. The van der Waals surface area contributed by atoms with Crippen molar-refractivity contribution in [2.45, 2.75) is 18.4 Å². The van der Waals surface area contributed by atoms with E-state index in [1.54, 1.807) is 11.8 Å². The maximum Gasteiger partial charge on any atom is 0.270 e. The number of benzene rings is 1. The maximum absolute atomic E-state index is 12.7. The number of hydrogen-bond acceptors (Lipinski definition) is 6. The van der Waals surface area contributed by atoms with Gasteiger partial charge in [0.2, 0.25) is 5.88 Å². The first-order chi connectivity index (χ1) is 12.7. The minimum absolute atomic E-state index is 0.185. The molecule has 26 heavy (non-hydrogen) atoms. The normalized spacial score (nSPS) is 13.3. The average molecular weight is 382 g/mol. The summed E-state index contributed by atoms with van der Waals surface area (Å²) in [4.78, 5) is 18.8. The van der Waals surface area contributed by atoms with E-state index in [2.05, 4.69) is 15.5 Å². The number of fused-ring (bicyclic) bond motifs is 2. The van der Waals surface area contributed by atoms with Crippen LogP contribution >= 0.6 is 23.1 Å². The highest BCUT2D eigenvalue weighted by molar-refractivity contribution is 7.98. The molecular formula is C18H14N4O2S2. The lowest BCUT2D eigenvalue weighted by atomic mass is 10.2. The molecule has 5 rings (SSSR count). The van der Waals surface area contributed by atoms with Crippen LogP contribution in [0.5, 0.6) is 0 Å². The lowest BCUT2D eigenvalue weighted by molar-refractivity contribution is 0.102. The van der Waals surface area contributed by atoms with E-state index in [9.17, 15) is 4.79 Å². The van der Waals surface area contributed by atoms with Gasteiger partial charge in [0.25, 0.3) is 5.91 Å². The third-order valence-corrected chi connectivity index (χ3v) is 6.54. The fraction of sp³-hybridized carbons (Fsp3) is 0.167. The predicted octanol–water partition coefficient (Wildman–Crippen LogP) is 4.36. The fourth-order valence-electron chi connectivity index (χ4n) is 3.02. The van der Waals surface area contributed by atoms with E-state index >= 15 is 0 Å². The van der Waals surface area contributed by atoms with Crippen molar-refractivity contribution in [2.75, 3.05) is 5.32 Å². The second kappa shape index (κ2) is 6.00. The van der Waals surface area contributed by atoms with Crippen molar-refractivity contribution in [3.8, 4) is 11.3 Å². The van der Waals surface area contributed by atoms with Gasteiger partial charge in [-0.05, 0) is 6.92 Å². The summed E-state index contributed by atoms with van der Waals surface area (Å²) < 4.78 is 7.25. The molecule has 0 spiro atoms. The molecule has 4 heterocycles. The molecule has 1 amide bonds. The summed E-state index contributed by atoms with van der Waals surface area (Å²) >= 11 is 3.14. The molecule has 1 aromatic carbocycles. The van der Waals surface area contributed by atoms with Gasteiger partial charge >= 0.3 is 0 Å². The third kappa shape index (κ3) is 2.45. The summed E-state index contributed by atoms with van der Waals surface area (Å²) in [5.74, 6) is 1.94. The zero-order valence-corrected chi connectivity index (χ0v) is 15.5. The van der Waals surface area contributed by atoms with Gasteiger partial charge in [-0.15, -0.1) is 0 Å². The Morgan fingerprint density at radius 3 is 2.92 bits per heavy atom.